The fourth-order valence-corrected chi connectivity index (χ4v) is 3.01. The summed E-state index contributed by atoms with van der Waals surface area (Å²) in [5.74, 6) is -0.832. The van der Waals surface area contributed by atoms with Crippen molar-refractivity contribution in [1.82, 2.24) is 15.2 Å². The van der Waals surface area contributed by atoms with Crippen LogP contribution in [0.5, 0.6) is 0 Å². The number of amides is 4. The lowest BCUT2D eigenvalue weighted by atomic mass is 10.0. The van der Waals surface area contributed by atoms with E-state index >= 15 is 0 Å². The molecule has 1 spiro atoms. The molecule has 1 aliphatic heterocycles. The first-order valence-corrected chi connectivity index (χ1v) is 6.99. The van der Waals surface area contributed by atoms with Gasteiger partial charge in [0, 0.05) is 11.1 Å². The van der Waals surface area contributed by atoms with Crippen molar-refractivity contribution in [1.29, 1.82) is 0 Å². The molecule has 0 unspecified atom stereocenters. The number of urea groups is 1. The Labute approximate surface area is 113 Å². The van der Waals surface area contributed by atoms with E-state index in [0.29, 0.717) is 17.8 Å². The number of carbonyl (C=O) groups is 3. The monoisotopic (exact) mass is 279 g/mol. The third-order valence-electron chi connectivity index (χ3n) is 3.55. The minimum atomic E-state index is -0.973. The molecule has 6 nitrogen and oxygen atoms in total. The summed E-state index contributed by atoms with van der Waals surface area (Å²) in [4.78, 5) is 42.1. The standard InChI is InChI=1S/C12H13N3O3S/c1-2-7-5-13-8(19-7)6-15-10(17)12(3-4-12)9(16)14-11(15)18/h5H,2-4,6H2,1H3,(H,14,16,18). The van der Waals surface area contributed by atoms with Crippen molar-refractivity contribution in [3.8, 4) is 0 Å². The Kier molecular flexibility index (Phi) is 2.67. The van der Waals surface area contributed by atoms with Crippen molar-refractivity contribution < 1.29 is 14.4 Å². The Balaban J connectivity index is 1.81. The molecule has 0 radical (unpaired) electrons. The van der Waals surface area contributed by atoms with Crippen LogP contribution in [0.3, 0.4) is 0 Å². The summed E-state index contributed by atoms with van der Waals surface area (Å²) in [6.07, 6.45) is 3.68. The summed E-state index contributed by atoms with van der Waals surface area (Å²) in [5, 5.41) is 2.97. The summed E-state index contributed by atoms with van der Waals surface area (Å²) in [6, 6.07) is -0.638. The average molecular weight is 279 g/mol. The van der Waals surface area contributed by atoms with Crippen molar-refractivity contribution >= 4 is 29.2 Å². The molecule has 2 fully saturated rings. The van der Waals surface area contributed by atoms with E-state index in [0.717, 1.165) is 16.2 Å². The summed E-state index contributed by atoms with van der Waals surface area (Å²) in [5.41, 5.74) is -0.973. The number of aromatic nitrogens is 1. The van der Waals surface area contributed by atoms with Crippen molar-refractivity contribution in [2.24, 2.45) is 5.41 Å². The topological polar surface area (TPSA) is 79.4 Å². The lowest BCUT2D eigenvalue weighted by Gasteiger charge is -2.29. The smallest absolute Gasteiger partial charge is 0.277 e. The maximum Gasteiger partial charge on any atom is 0.331 e. The molecular weight excluding hydrogens is 266 g/mol. The molecule has 1 saturated heterocycles. The van der Waals surface area contributed by atoms with Crippen LogP contribution in [-0.2, 0) is 22.6 Å². The molecule has 7 heteroatoms. The van der Waals surface area contributed by atoms with Crippen LogP contribution in [0.15, 0.2) is 6.20 Å². The predicted molar refractivity (Wildman–Crippen MR) is 67.2 cm³/mol. The van der Waals surface area contributed by atoms with Crippen LogP contribution in [-0.4, -0.2) is 27.7 Å². The molecule has 1 saturated carbocycles. The van der Waals surface area contributed by atoms with Gasteiger partial charge >= 0.3 is 6.03 Å². The number of imide groups is 2. The van der Waals surface area contributed by atoms with E-state index in [4.69, 9.17) is 0 Å². The lowest BCUT2D eigenvalue weighted by Crippen LogP contribution is -2.58. The van der Waals surface area contributed by atoms with Crippen LogP contribution in [0.1, 0.15) is 29.7 Å². The summed E-state index contributed by atoms with van der Waals surface area (Å²) < 4.78 is 0. The first kappa shape index (κ1) is 12.3. The Hall–Kier alpha value is -1.76. The average Bonchev–Trinajstić information content (AvgIpc) is 3.07. The Morgan fingerprint density at radius 1 is 1.42 bits per heavy atom. The number of carbonyl (C=O) groups excluding carboxylic acids is 3. The molecule has 100 valence electrons. The zero-order valence-electron chi connectivity index (χ0n) is 10.4. The van der Waals surface area contributed by atoms with Gasteiger partial charge in [-0.1, -0.05) is 6.92 Å². The molecule has 1 aliphatic carbocycles. The highest BCUT2D eigenvalue weighted by Crippen LogP contribution is 2.49. The minimum absolute atomic E-state index is 0.143. The lowest BCUT2D eigenvalue weighted by molar-refractivity contribution is -0.145. The van der Waals surface area contributed by atoms with E-state index in [1.54, 1.807) is 6.20 Å². The minimum Gasteiger partial charge on any atom is -0.277 e. The van der Waals surface area contributed by atoms with Gasteiger partial charge in [-0.15, -0.1) is 11.3 Å². The van der Waals surface area contributed by atoms with Gasteiger partial charge in [0.2, 0.25) is 11.8 Å². The number of barbiturate groups is 1. The van der Waals surface area contributed by atoms with Gasteiger partial charge in [0.05, 0.1) is 6.54 Å². The fraction of sp³-hybridized carbons (Fsp3) is 0.500. The molecule has 1 aromatic heterocycles. The maximum atomic E-state index is 12.2. The number of nitrogens with one attached hydrogen (secondary N) is 1. The molecular formula is C12H13N3O3S. The molecule has 3 rings (SSSR count). The van der Waals surface area contributed by atoms with E-state index < -0.39 is 17.4 Å². The Morgan fingerprint density at radius 3 is 2.74 bits per heavy atom. The molecule has 1 N–H and O–H groups in total. The molecule has 19 heavy (non-hydrogen) atoms. The van der Waals surface area contributed by atoms with Gasteiger partial charge in [0.15, 0.2) is 0 Å². The number of thiazole rings is 1. The second kappa shape index (κ2) is 4.12. The van der Waals surface area contributed by atoms with E-state index in [1.165, 1.54) is 11.3 Å². The highest BCUT2D eigenvalue weighted by Gasteiger charge is 2.62. The summed E-state index contributed by atoms with van der Waals surface area (Å²) >= 11 is 1.48. The largest absolute Gasteiger partial charge is 0.331 e. The maximum absolute atomic E-state index is 12.2. The highest BCUT2D eigenvalue weighted by molar-refractivity contribution is 7.11. The van der Waals surface area contributed by atoms with E-state index in [1.807, 2.05) is 6.92 Å². The highest BCUT2D eigenvalue weighted by atomic mass is 32.1. The SMILES string of the molecule is CCc1cnc(CN2C(=O)NC(=O)C3(CC3)C2=O)s1. The van der Waals surface area contributed by atoms with Gasteiger partial charge < -0.3 is 0 Å². The first-order valence-electron chi connectivity index (χ1n) is 6.18. The van der Waals surface area contributed by atoms with E-state index in [-0.39, 0.29) is 12.5 Å². The number of aryl methyl sites for hydroxylation is 1. The quantitative estimate of drug-likeness (QED) is 0.839. The second-order valence-corrected chi connectivity index (χ2v) is 6.01. The number of rotatable bonds is 3. The molecule has 2 aliphatic rings. The van der Waals surface area contributed by atoms with Crippen LogP contribution in [0.25, 0.3) is 0 Å². The van der Waals surface area contributed by atoms with E-state index in [9.17, 15) is 14.4 Å². The van der Waals surface area contributed by atoms with Crippen LogP contribution < -0.4 is 5.32 Å². The third kappa shape index (κ3) is 1.85. The van der Waals surface area contributed by atoms with E-state index in [2.05, 4.69) is 10.3 Å². The van der Waals surface area contributed by atoms with Crippen molar-refractivity contribution in [3.63, 3.8) is 0 Å². The molecule has 0 atom stereocenters. The van der Waals surface area contributed by atoms with Gasteiger partial charge in [-0.2, -0.15) is 0 Å². The zero-order chi connectivity index (χ0) is 13.6. The van der Waals surface area contributed by atoms with Gasteiger partial charge in [-0.05, 0) is 19.3 Å². The van der Waals surface area contributed by atoms with Crippen LogP contribution >= 0.6 is 11.3 Å². The van der Waals surface area contributed by atoms with Crippen molar-refractivity contribution in [3.05, 3.63) is 16.1 Å². The zero-order valence-corrected chi connectivity index (χ0v) is 11.2. The van der Waals surface area contributed by atoms with Crippen molar-refractivity contribution in [2.75, 3.05) is 0 Å². The third-order valence-corrected chi connectivity index (χ3v) is 4.67. The molecule has 4 amide bonds. The van der Waals surface area contributed by atoms with Crippen molar-refractivity contribution in [2.45, 2.75) is 32.7 Å². The summed E-state index contributed by atoms with van der Waals surface area (Å²) in [7, 11) is 0. The summed E-state index contributed by atoms with van der Waals surface area (Å²) in [6.45, 7) is 2.16. The molecule has 2 heterocycles. The fourth-order valence-electron chi connectivity index (χ4n) is 2.16. The van der Waals surface area contributed by atoms with Gasteiger partial charge in [0.25, 0.3) is 0 Å². The molecule has 1 aromatic rings. The van der Waals surface area contributed by atoms with Crippen LogP contribution in [0, 0.1) is 5.41 Å². The molecule has 0 bridgehead atoms. The number of hydrogen-bond acceptors (Lipinski definition) is 5. The Bertz CT molecular complexity index is 577. The normalized spacial score (nSPS) is 20.9. The first-order chi connectivity index (χ1) is 9.06. The van der Waals surface area contributed by atoms with Gasteiger partial charge in [-0.3, -0.25) is 19.8 Å². The second-order valence-electron chi connectivity index (χ2n) is 4.81. The van der Waals surface area contributed by atoms with Crippen LogP contribution in [0.2, 0.25) is 0 Å². The number of nitrogens with zero attached hydrogens (tertiary/aromatic N) is 2. The van der Waals surface area contributed by atoms with Gasteiger partial charge in [0.1, 0.15) is 10.4 Å². The predicted octanol–water partition coefficient (Wildman–Crippen LogP) is 1.06. The molecule has 0 aromatic carbocycles. The van der Waals surface area contributed by atoms with Crippen LogP contribution in [0.4, 0.5) is 4.79 Å². The Morgan fingerprint density at radius 2 is 2.16 bits per heavy atom. The number of hydrogen-bond donors (Lipinski definition) is 1. The van der Waals surface area contributed by atoms with Gasteiger partial charge in [-0.25, -0.2) is 9.78 Å².